The van der Waals surface area contributed by atoms with Gasteiger partial charge in [0.15, 0.2) is 11.4 Å². The number of hydrogen-bond donors (Lipinski definition) is 5. The first kappa shape index (κ1) is 22.4. The van der Waals surface area contributed by atoms with Crippen molar-refractivity contribution >= 4 is 17.5 Å². The van der Waals surface area contributed by atoms with E-state index in [1.54, 1.807) is 30.6 Å². The molecule has 0 spiro atoms. The second kappa shape index (κ2) is 7.82. The number of nitrogens with two attached hydrogens (primary N) is 1. The average molecular weight is 472 g/mol. The van der Waals surface area contributed by atoms with E-state index in [2.05, 4.69) is 16.8 Å². The number of allylic oxidation sites excluding steroid dienone is 2. The molecule has 0 saturated carbocycles. The van der Waals surface area contributed by atoms with E-state index in [4.69, 9.17) is 5.73 Å². The van der Waals surface area contributed by atoms with Crippen molar-refractivity contribution in [3.05, 3.63) is 81.6 Å². The van der Waals surface area contributed by atoms with Crippen LogP contribution in [0.2, 0.25) is 0 Å². The molecule has 1 aromatic heterocycles. The first-order valence-corrected chi connectivity index (χ1v) is 10.9. The van der Waals surface area contributed by atoms with Crippen LogP contribution in [-0.4, -0.2) is 48.5 Å². The summed E-state index contributed by atoms with van der Waals surface area (Å²) in [6.07, 6.45) is 3.19. The molecule has 9 heteroatoms. The highest BCUT2D eigenvalue weighted by Gasteiger charge is 2.59. The average Bonchev–Trinajstić information content (AvgIpc) is 2.81. The van der Waals surface area contributed by atoms with Crippen LogP contribution in [0.5, 0.6) is 5.75 Å². The molecule has 0 saturated heterocycles. The van der Waals surface area contributed by atoms with Crippen molar-refractivity contribution in [1.82, 2.24) is 4.98 Å². The molecule has 0 radical (unpaired) electrons. The van der Waals surface area contributed by atoms with Crippen LogP contribution in [-0.2, 0) is 16.0 Å². The lowest BCUT2D eigenvalue weighted by Gasteiger charge is -2.45. The number of carbonyl (C=O) groups is 3. The summed E-state index contributed by atoms with van der Waals surface area (Å²) in [6.45, 7) is 0. The normalized spacial score (nSPS) is 25.3. The number of aliphatic hydroxyl groups excluding tert-OH is 2. The number of aliphatic hydroxyl groups is 3. The molecule has 5 rings (SSSR count). The summed E-state index contributed by atoms with van der Waals surface area (Å²) in [6, 6.07) is 6.43. The van der Waals surface area contributed by atoms with Crippen molar-refractivity contribution in [3.8, 4) is 17.6 Å². The van der Waals surface area contributed by atoms with E-state index in [-0.39, 0.29) is 36.1 Å². The van der Waals surface area contributed by atoms with Gasteiger partial charge in [-0.25, -0.2) is 0 Å². The highest BCUT2D eigenvalue weighted by Crippen LogP contribution is 2.51. The van der Waals surface area contributed by atoms with E-state index in [1.807, 2.05) is 0 Å². The molecule has 3 atom stereocenters. The molecular weight excluding hydrogens is 452 g/mol. The van der Waals surface area contributed by atoms with Crippen molar-refractivity contribution in [3.63, 3.8) is 0 Å². The summed E-state index contributed by atoms with van der Waals surface area (Å²) in [7, 11) is 0. The minimum atomic E-state index is -2.58. The van der Waals surface area contributed by atoms with Gasteiger partial charge in [0.2, 0.25) is 5.78 Å². The smallest absolute Gasteiger partial charge is 0.255 e. The Kier molecular flexibility index (Phi) is 5.00. The molecule has 35 heavy (non-hydrogen) atoms. The van der Waals surface area contributed by atoms with Crippen molar-refractivity contribution in [2.45, 2.75) is 24.9 Å². The molecule has 176 valence electrons. The van der Waals surface area contributed by atoms with Gasteiger partial charge in [0.05, 0.1) is 5.56 Å². The van der Waals surface area contributed by atoms with E-state index in [1.165, 1.54) is 6.07 Å². The molecule has 9 nitrogen and oxygen atoms in total. The Labute approximate surface area is 199 Å². The third-order valence-corrected chi connectivity index (χ3v) is 6.95. The fraction of sp³-hybridized carbons (Fsp3) is 0.231. The van der Waals surface area contributed by atoms with E-state index in [0.29, 0.717) is 16.7 Å². The molecule has 1 heterocycles. The van der Waals surface area contributed by atoms with Gasteiger partial charge in [0, 0.05) is 41.4 Å². The first-order valence-electron chi connectivity index (χ1n) is 10.9. The second-order valence-electron chi connectivity index (χ2n) is 8.89. The zero-order valence-corrected chi connectivity index (χ0v) is 18.3. The number of pyridine rings is 1. The number of Topliss-reactive ketones (excluding diaryl/α,β-unsaturated/α-hetero) is 2. The number of aromatic nitrogens is 1. The highest BCUT2D eigenvalue weighted by atomic mass is 16.3. The van der Waals surface area contributed by atoms with E-state index < -0.39 is 52.0 Å². The van der Waals surface area contributed by atoms with Crippen LogP contribution in [0, 0.1) is 23.7 Å². The van der Waals surface area contributed by atoms with Crippen LogP contribution < -0.4 is 5.73 Å². The Morgan fingerprint density at radius 1 is 1.11 bits per heavy atom. The van der Waals surface area contributed by atoms with Gasteiger partial charge in [-0.1, -0.05) is 11.8 Å². The molecule has 2 aromatic rings. The summed E-state index contributed by atoms with van der Waals surface area (Å²) in [5.41, 5.74) is 3.20. The maximum absolute atomic E-state index is 13.5. The quantitative estimate of drug-likeness (QED) is 0.306. The Morgan fingerprint density at radius 2 is 1.89 bits per heavy atom. The number of phenolic OH excluding ortho intramolecular Hbond substituents is 1. The predicted molar refractivity (Wildman–Crippen MR) is 121 cm³/mol. The number of aromatic hydroxyl groups is 1. The number of nitrogens with zero attached hydrogens (tertiary/aromatic N) is 1. The second-order valence-corrected chi connectivity index (χ2v) is 8.89. The van der Waals surface area contributed by atoms with Crippen molar-refractivity contribution in [2.24, 2.45) is 17.6 Å². The lowest BCUT2D eigenvalue weighted by Crippen LogP contribution is -2.57. The molecule has 0 aliphatic heterocycles. The zero-order chi connectivity index (χ0) is 25.1. The van der Waals surface area contributed by atoms with Crippen LogP contribution in [0.3, 0.4) is 0 Å². The Balaban J connectivity index is 1.64. The van der Waals surface area contributed by atoms with Crippen LogP contribution in [0.15, 0.2) is 59.3 Å². The molecule has 3 aliphatic carbocycles. The van der Waals surface area contributed by atoms with Gasteiger partial charge in [-0.05, 0) is 48.6 Å². The third kappa shape index (κ3) is 3.22. The zero-order valence-electron chi connectivity index (χ0n) is 18.3. The maximum Gasteiger partial charge on any atom is 0.255 e. The summed E-state index contributed by atoms with van der Waals surface area (Å²) in [5.74, 6) is -0.613. The van der Waals surface area contributed by atoms with E-state index >= 15 is 0 Å². The Bertz CT molecular complexity index is 1450. The first-order chi connectivity index (χ1) is 16.6. The number of carbonyl (C=O) groups excluding carboxylic acids is 3. The van der Waals surface area contributed by atoms with Gasteiger partial charge in [-0.15, -0.1) is 0 Å². The van der Waals surface area contributed by atoms with Crippen LogP contribution in [0.25, 0.3) is 0 Å². The van der Waals surface area contributed by atoms with Gasteiger partial charge in [0.1, 0.15) is 22.8 Å². The van der Waals surface area contributed by atoms with Crippen molar-refractivity contribution in [2.75, 3.05) is 0 Å². The van der Waals surface area contributed by atoms with Crippen LogP contribution in [0.4, 0.5) is 0 Å². The third-order valence-electron chi connectivity index (χ3n) is 6.95. The number of rotatable bonds is 1. The number of fused-ring (bicyclic) bond motifs is 3. The summed E-state index contributed by atoms with van der Waals surface area (Å²) < 4.78 is 0. The van der Waals surface area contributed by atoms with Gasteiger partial charge >= 0.3 is 0 Å². The van der Waals surface area contributed by atoms with Crippen LogP contribution in [0.1, 0.15) is 39.9 Å². The number of phenols is 1. The largest absolute Gasteiger partial charge is 0.511 e. The monoisotopic (exact) mass is 472 g/mol. The Morgan fingerprint density at radius 3 is 2.57 bits per heavy atom. The minimum Gasteiger partial charge on any atom is -0.511 e. The number of benzene rings is 1. The predicted octanol–water partition coefficient (Wildman–Crippen LogP) is 1.38. The molecule has 0 fully saturated rings. The van der Waals surface area contributed by atoms with Gasteiger partial charge in [-0.3, -0.25) is 19.4 Å². The molecule has 6 N–H and O–H groups in total. The summed E-state index contributed by atoms with van der Waals surface area (Å²) in [5, 5.41) is 43.0. The van der Waals surface area contributed by atoms with Crippen molar-refractivity contribution < 1.29 is 34.8 Å². The number of amides is 1. The maximum atomic E-state index is 13.5. The van der Waals surface area contributed by atoms with Crippen LogP contribution >= 0.6 is 0 Å². The van der Waals surface area contributed by atoms with E-state index in [0.717, 1.165) is 0 Å². The minimum absolute atomic E-state index is 0.0635. The Hall–Kier alpha value is -4.42. The molecule has 0 unspecified atom stereocenters. The van der Waals surface area contributed by atoms with Crippen molar-refractivity contribution in [1.29, 1.82) is 0 Å². The standard InChI is InChI=1S/C26H20N2O7/c27-25(34)21-18(30)10-15-8-14-9-16-13(4-3-12-2-1-7-28-11-12)5-6-17(29)20(16)22(31)19(14)23(32)26(15,35)24(21)33/h1-2,5-7,11,14-15,29-30,32,35H,8-10H2,(H2,27,34)/t14-,15+,26+/m1/s1. The lowest BCUT2D eigenvalue weighted by molar-refractivity contribution is -0.144. The molecule has 1 amide bonds. The molecule has 0 bridgehead atoms. The number of ketones is 2. The SMILES string of the molecule is NC(=O)C1=C(O)C[C@@H]2C[C@@H]3Cc4c(C#Cc5cccnc5)ccc(O)c4C(=O)C3=C(O)[C@]2(O)C1=O. The van der Waals surface area contributed by atoms with Gasteiger partial charge in [-0.2, -0.15) is 0 Å². The number of primary amides is 1. The van der Waals surface area contributed by atoms with Gasteiger partial charge in [0.25, 0.3) is 5.91 Å². The summed E-state index contributed by atoms with van der Waals surface area (Å²) in [4.78, 5) is 42.2. The fourth-order valence-corrected chi connectivity index (χ4v) is 5.31. The topological polar surface area (TPSA) is 171 Å². The molecule has 3 aliphatic rings. The summed E-state index contributed by atoms with van der Waals surface area (Å²) >= 11 is 0. The molecule has 1 aromatic carbocycles. The lowest BCUT2D eigenvalue weighted by atomic mass is 9.60. The molecular formula is C26H20N2O7. The van der Waals surface area contributed by atoms with E-state index in [9.17, 15) is 34.8 Å². The van der Waals surface area contributed by atoms with Gasteiger partial charge < -0.3 is 26.2 Å². The highest BCUT2D eigenvalue weighted by molar-refractivity contribution is 6.24. The number of hydrogen-bond acceptors (Lipinski definition) is 8. The fourth-order valence-electron chi connectivity index (χ4n) is 5.31.